The molecule has 3 aliphatic rings. The molecule has 0 radical (unpaired) electrons. The monoisotopic (exact) mass is 434 g/mol. The summed E-state index contributed by atoms with van der Waals surface area (Å²) in [6, 6.07) is 15.7. The van der Waals surface area contributed by atoms with E-state index in [0.29, 0.717) is 38.8 Å². The van der Waals surface area contributed by atoms with Gasteiger partial charge >= 0.3 is 0 Å². The minimum Gasteiger partial charge on any atom is -0.377 e. The zero-order valence-electron chi connectivity index (χ0n) is 18.1. The van der Waals surface area contributed by atoms with Gasteiger partial charge in [-0.3, -0.25) is 9.59 Å². The van der Waals surface area contributed by atoms with Crippen LogP contribution < -0.4 is 15.5 Å². The maximum atomic E-state index is 12.9. The Morgan fingerprint density at radius 3 is 2.91 bits per heavy atom. The van der Waals surface area contributed by atoms with Crippen molar-refractivity contribution < 1.29 is 17.2 Å². The summed E-state index contributed by atoms with van der Waals surface area (Å²) in [4.78, 5) is 26.5. The van der Waals surface area contributed by atoms with E-state index in [1.165, 1.54) is 0 Å². The first kappa shape index (κ1) is 20.7. The Bertz CT molecular complexity index is 1110. The standard InChI is InChI=1S/C25H26N4O3.2H2/c1-29-22-11-18(6-7-19(22)12-23(29)30)17-4-2-16(3-5-17)10-20(14-26)28-24(31)25-8-9-32-21(13-25)15-27-25;;/h2-7,11,20-21,27H,8-10,12-13,15H2,1H3,(H,28,31);2*1H/t20-,21+,25-;;/m0../s1. The van der Waals surface area contributed by atoms with Gasteiger partial charge in [0.25, 0.3) is 0 Å². The van der Waals surface area contributed by atoms with Crippen molar-refractivity contribution in [2.24, 2.45) is 0 Å². The molecule has 3 heterocycles. The fourth-order valence-electron chi connectivity index (χ4n) is 4.95. The molecule has 0 aromatic heterocycles. The zero-order chi connectivity index (χ0) is 22.3. The van der Waals surface area contributed by atoms with E-state index in [-0.39, 0.29) is 20.8 Å². The number of nitrogens with zero attached hydrogens (tertiary/aromatic N) is 2. The van der Waals surface area contributed by atoms with Crippen LogP contribution in [0, 0.1) is 11.3 Å². The van der Waals surface area contributed by atoms with E-state index in [4.69, 9.17) is 4.74 Å². The normalized spacial score (nSPS) is 24.7. The smallest absolute Gasteiger partial charge is 0.241 e. The lowest BCUT2D eigenvalue weighted by molar-refractivity contribution is -0.130. The maximum Gasteiger partial charge on any atom is 0.241 e. The molecule has 3 aliphatic heterocycles. The van der Waals surface area contributed by atoms with Crippen LogP contribution in [0.1, 0.15) is 26.8 Å². The number of anilines is 1. The highest BCUT2D eigenvalue weighted by Crippen LogP contribution is 2.33. The van der Waals surface area contributed by atoms with Gasteiger partial charge in [-0.1, -0.05) is 36.4 Å². The summed E-state index contributed by atoms with van der Waals surface area (Å²) < 4.78 is 5.63. The van der Waals surface area contributed by atoms with Crippen LogP contribution in [0.2, 0.25) is 0 Å². The van der Waals surface area contributed by atoms with Gasteiger partial charge < -0.3 is 20.3 Å². The molecule has 0 spiro atoms. The van der Waals surface area contributed by atoms with E-state index in [0.717, 1.165) is 27.9 Å². The first-order valence-electron chi connectivity index (χ1n) is 11.0. The molecule has 2 fully saturated rings. The topological polar surface area (TPSA) is 94.5 Å². The number of hydrogen-bond acceptors (Lipinski definition) is 5. The third kappa shape index (κ3) is 3.66. The Kier molecular flexibility index (Phi) is 5.20. The molecule has 7 nitrogen and oxygen atoms in total. The second-order valence-corrected chi connectivity index (χ2v) is 8.94. The summed E-state index contributed by atoms with van der Waals surface area (Å²) in [5, 5.41) is 15.9. The molecular formula is C25H30N4O3. The minimum atomic E-state index is -0.607. The second kappa shape index (κ2) is 8.05. The molecule has 2 bridgehead atoms. The van der Waals surface area contributed by atoms with Crippen LogP contribution in [-0.2, 0) is 27.2 Å². The number of ether oxygens (including phenoxy) is 1. The van der Waals surface area contributed by atoms with E-state index in [1.807, 2.05) is 42.5 Å². The molecule has 5 rings (SSSR count). The third-order valence-corrected chi connectivity index (χ3v) is 6.91. The summed E-state index contributed by atoms with van der Waals surface area (Å²) in [5.41, 5.74) is 4.48. The first-order valence-corrected chi connectivity index (χ1v) is 11.0. The maximum absolute atomic E-state index is 12.9. The quantitative estimate of drug-likeness (QED) is 0.754. The Morgan fingerprint density at radius 1 is 1.34 bits per heavy atom. The summed E-state index contributed by atoms with van der Waals surface area (Å²) in [6.07, 6.45) is 2.27. The van der Waals surface area contributed by atoms with Crippen molar-refractivity contribution in [2.45, 2.75) is 43.4 Å². The van der Waals surface area contributed by atoms with Gasteiger partial charge in [0.1, 0.15) is 11.6 Å². The molecule has 2 aromatic rings. The van der Waals surface area contributed by atoms with Crippen LogP contribution in [0.4, 0.5) is 5.69 Å². The number of amides is 2. The summed E-state index contributed by atoms with van der Waals surface area (Å²) in [7, 11) is 1.80. The van der Waals surface area contributed by atoms with Gasteiger partial charge in [-0.05, 0) is 34.7 Å². The molecule has 32 heavy (non-hydrogen) atoms. The molecular weight excluding hydrogens is 404 g/mol. The van der Waals surface area contributed by atoms with Crippen LogP contribution >= 0.6 is 0 Å². The molecule has 168 valence electrons. The van der Waals surface area contributed by atoms with Crippen molar-refractivity contribution in [3.63, 3.8) is 0 Å². The lowest BCUT2D eigenvalue weighted by atomic mass is 9.89. The van der Waals surface area contributed by atoms with Gasteiger partial charge in [-0.2, -0.15) is 5.26 Å². The van der Waals surface area contributed by atoms with Gasteiger partial charge in [-0.15, -0.1) is 0 Å². The van der Waals surface area contributed by atoms with Gasteiger partial charge in [0.2, 0.25) is 11.8 Å². The number of nitriles is 1. The van der Waals surface area contributed by atoms with Crippen molar-refractivity contribution in [3.8, 4) is 17.2 Å². The summed E-state index contributed by atoms with van der Waals surface area (Å²) >= 11 is 0. The number of nitrogens with one attached hydrogen (secondary N) is 2. The molecule has 3 atom stereocenters. The van der Waals surface area contributed by atoms with Gasteiger partial charge in [-0.25, -0.2) is 0 Å². The molecule has 7 heteroatoms. The van der Waals surface area contributed by atoms with Crippen LogP contribution in [0.5, 0.6) is 0 Å². The average molecular weight is 435 g/mol. The number of rotatable bonds is 5. The fourth-order valence-corrected chi connectivity index (χ4v) is 4.95. The number of carbonyl (C=O) groups is 2. The van der Waals surface area contributed by atoms with Crippen LogP contribution in [0.15, 0.2) is 42.5 Å². The Balaban J connectivity index is 0.00000162. The molecule has 2 N–H and O–H groups in total. The highest BCUT2D eigenvalue weighted by atomic mass is 16.5. The Morgan fingerprint density at radius 2 is 2.12 bits per heavy atom. The van der Waals surface area contributed by atoms with E-state index < -0.39 is 11.6 Å². The van der Waals surface area contributed by atoms with E-state index >= 15 is 0 Å². The average Bonchev–Trinajstić information content (AvgIpc) is 3.28. The number of likely N-dealkylation sites (N-methyl/N-ethyl adjacent to an activating group) is 1. The highest BCUT2D eigenvalue weighted by molar-refractivity contribution is 6.01. The minimum absolute atomic E-state index is 0. The number of hydrogen-bond donors (Lipinski definition) is 2. The predicted octanol–water partition coefficient (Wildman–Crippen LogP) is 2.44. The third-order valence-electron chi connectivity index (χ3n) is 6.91. The lowest BCUT2D eigenvalue weighted by Gasteiger charge is -2.32. The zero-order valence-corrected chi connectivity index (χ0v) is 18.1. The van der Waals surface area contributed by atoms with Crippen molar-refractivity contribution in [2.75, 3.05) is 25.1 Å². The largest absolute Gasteiger partial charge is 0.377 e. The van der Waals surface area contributed by atoms with Crippen LogP contribution in [0.3, 0.4) is 0 Å². The van der Waals surface area contributed by atoms with Gasteiger partial charge in [0, 0.05) is 41.6 Å². The fraction of sp³-hybridized carbons (Fsp3) is 0.400. The molecule has 2 aromatic carbocycles. The summed E-state index contributed by atoms with van der Waals surface area (Å²) in [5.74, 6) is 0.00369. The lowest BCUT2D eigenvalue weighted by Crippen LogP contribution is -2.57. The van der Waals surface area contributed by atoms with Crippen molar-refractivity contribution in [1.29, 1.82) is 5.26 Å². The molecule has 0 unspecified atom stereocenters. The van der Waals surface area contributed by atoms with Crippen molar-refractivity contribution >= 4 is 17.5 Å². The highest BCUT2D eigenvalue weighted by Gasteiger charge is 2.48. The van der Waals surface area contributed by atoms with Crippen LogP contribution in [0.25, 0.3) is 11.1 Å². The van der Waals surface area contributed by atoms with Gasteiger partial charge in [0.15, 0.2) is 0 Å². The molecule has 0 saturated carbocycles. The predicted molar refractivity (Wildman–Crippen MR) is 124 cm³/mol. The molecule has 2 amide bonds. The number of carbonyl (C=O) groups excluding carboxylic acids is 2. The second-order valence-electron chi connectivity index (χ2n) is 8.94. The first-order chi connectivity index (χ1) is 15.5. The SMILES string of the molecule is CN1C(=O)Cc2ccc(-c3ccc(C[C@@H](C#N)NC(=O)[C@@]45CCO[C@@H](CN4)C5)cc3)cc21.[HH].[HH]. The number of fused-ring (bicyclic) bond motifs is 3. The van der Waals surface area contributed by atoms with E-state index in [1.54, 1.807) is 11.9 Å². The van der Waals surface area contributed by atoms with Gasteiger partial charge in [0.05, 0.1) is 18.6 Å². The van der Waals surface area contributed by atoms with E-state index in [9.17, 15) is 14.9 Å². The van der Waals surface area contributed by atoms with Crippen LogP contribution in [-0.4, -0.2) is 49.7 Å². The Hall–Kier alpha value is -3.21. The van der Waals surface area contributed by atoms with E-state index in [2.05, 4.69) is 16.7 Å². The molecule has 0 aliphatic carbocycles. The summed E-state index contributed by atoms with van der Waals surface area (Å²) in [6.45, 7) is 1.25. The van der Waals surface area contributed by atoms with Crippen molar-refractivity contribution in [1.82, 2.24) is 10.6 Å². The molecule has 2 saturated heterocycles. The number of benzene rings is 2. The Labute approximate surface area is 190 Å². The van der Waals surface area contributed by atoms with Crippen molar-refractivity contribution in [3.05, 3.63) is 53.6 Å².